The molecule has 0 atom stereocenters. The Kier molecular flexibility index (Phi) is 6.73. The van der Waals surface area contributed by atoms with Crippen molar-refractivity contribution in [3.63, 3.8) is 0 Å². The smallest absolute Gasteiger partial charge is 0.306 e. The topological polar surface area (TPSA) is 91.6 Å². The zero-order valence-corrected chi connectivity index (χ0v) is 14.4. The van der Waals surface area contributed by atoms with Crippen LogP contribution in [0.1, 0.15) is 40.0 Å². The van der Waals surface area contributed by atoms with Crippen LogP contribution in [0.15, 0.2) is 16.9 Å². The van der Waals surface area contributed by atoms with Gasteiger partial charge in [0, 0.05) is 6.42 Å². The Morgan fingerprint density at radius 2 is 2.09 bits per heavy atom. The summed E-state index contributed by atoms with van der Waals surface area (Å²) in [5.74, 6) is 0.0839. The molecule has 0 aliphatic carbocycles. The van der Waals surface area contributed by atoms with Gasteiger partial charge in [0.25, 0.3) is 0 Å². The first kappa shape index (κ1) is 18.3. The second-order valence-electron chi connectivity index (χ2n) is 5.63. The van der Waals surface area contributed by atoms with E-state index in [2.05, 4.69) is 20.9 Å². The van der Waals surface area contributed by atoms with Crippen molar-refractivity contribution in [1.82, 2.24) is 4.98 Å². The highest BCUT2D eigenvalue weighted by Gasteiger charge is 2.16. The average Bonchev–Trinajstić information content (AvgIpc) is 2.37. The molecule has 0 aliphatic heterocycles. The van der Waals surface area contributed by atoms with Crippen LogP contribution in [0, 0.1) is 10.1 Å². The molecule has 0 aliphatic rings. The Hall–Kier alpha value is -1.70. The summed E-state index contributed by atoms with van der Waals surface area (Å²) < 4.78 is 10.7. The van der Waals surface area contributed by atoms with Crippen LogP contribution in [-0.2, 0) is 9.53 Å². The monoisotopic (exact) mass is 374 g/mol. The van der Waals surface area contributed by atoms with Gasteiger partial charge in [-0.05, 0) is 49.5 Å². The number of rotatable bonds is 7. The molecule has 0 N–H and O–H groups in total. The second kappa shape index (κ2) is 8.07. The number of hydrogen-bond acceptors (Lipinski definition) is 6. The van der Waals surface area contributed by atoms with E-state index in [1.807, 2.05) is 20.8 Å². The fourth-order valence-corrected chi connectivity index (χ4v) is 1.94. The number of halogens is 1. The summed E-state index contributed by atoms with van der Waals surface area (Å²) in [4.78, 5) is 25.6. The number of esters is 1. The lowest BCUT2D eigenvalue weighted by Gasteiger charge is -2.19. The van der Waals surface area contributed by atoms with Gasteiger partial charge in [-0.15, -0.1) is 0 Å². The lowest BCUT2D eigenvalue weighted by molar-refractivity contribution is -0.386. The molecule has 0 fully saturated rings. The SMILES string of the molecule is CC(C)(C)OC(=O)CCCCOc1cnc(Br)c([N+](=O)[O-])c1. The van der Waals surface area contributed by atoms with E-state index in [4.69, 9.17) is 9.47 Å². The first-order valence-corrected chi connectivity index (χ1v) is 7.63. The first-order valence-electron chi connectivity index (χ1n) is 6.83. The van der Waals surface area contributed by atoms with Crippen molar-refractivity contribution >= 4 is 27.6 Å². The highest BCUT2D eigenvalue weighted by molar-refractivity contribution is 9.10. The Morgan fingerprint density at radius 3 is 2.68 bits per heavy atom. The molecule has 0 bridgehead atoms. The Bertz CT molecular complexity index is 543. The number of nitrogens with zero attached hydrogens (tertiary/aromatic N) is 2. The minimum absolute atomic E-state index is 0.147. The van der Waals surface area contributed by atoms with Gasteiger partial charge in [0.2, 0.25) is 0 Å². The van der Waals surface area contributed by atoms with Crippen molar-refractivity contribution in [2.75, 3.05) is 6.61 Å². The van der Waals surface area contributed by atoms with Crippen molar-refractivity contribution in [2.45, 2.75) is 45.6 Å². The summed E-state index contributed by atoms with van der Waals surface area (Å²) in [6.07, 6.45) is 2.99. The first-order chi connectivity index (χ1) is 10.2. The number of aromatic nitrogens is 1. The predicted molar refractivity (Wildman–Crippen MR) is 83.8 cm³/mol. The Labute approximate surface area is 137 Å². The summed E-state index contributed by atoms with van der Waals surface area (Å²) in [6.45, 7) is 5.81. The molecule has 0 saturated carbocycles. The lowest BCUT2D eigenvalue weighted by atomic mass is 10.2. The van der Waals surface area contributed by atoms with Crippen LogP contribution in [0.2, 0.25) is 0 Å². The summed E-state index contributed by atoms with van der Waals surface area (Å²) in [5.41, 5.74) is -0.624. The number of nitro groups is 1. The van der Waals surface area contributed by atoms with E-state index in [0.717, 1.165) is 0 Å². The zero-order chi connectivity index (χ0) is 16.8. The largest absolute Gasteiger partial charge is 0.492 e. The summed E-state index contributed by atoms with van der Waals surface area (Å²) in [6, 6.07) is 1.31. The highest BCUT2D eigenvalue weighted by atomic mass is 79.9. The highest BCUT2D eigenvalue weighted by Crippen LogP contribution is 2.26. The maximum atomic E-state index is 11.5. The van der Waals surface area contributed by atoms with Crippen LogP contribution in [0.4, 0.5) is 5.69 Å². The van der Waals surface area contributed by atoms with Crippen LogP contribution >= 0.6 is 15.9 Å². The standard InChI is InChI=1S/C14H19BrN2O5/c1-14(2,3)22-12(18)6-4-5-7-21-10-8-11(17(19)20)13(15)16-9-10/h8-9H,4-7H2,1-3H3. The summed E-state index contributed by atoms with van der Waals surface area (Å²) >= 11 is 3.00. The van der Waals surface area contributed by atoms with Crippen LogP contribution in [-0.4, -0.2) is 28.1 Å². The third-order valence-electron chi connectivity index (χ3n) is 2.46. The molecule has 0 amide bonds. The predicted octanol–water partition coefficient (Wildman–Crippen LogP) is 3.64. The maximum absolute atomic E-state index is 11.5. The van der Waals surface area contributed by atoms with Crippen LogP contribution in [0.25, 0.3) is 0 Å². The second-order valence-corrected chi connectivity index (χ2v) is 6.38. The van der Waals surface area contributed by atoms with Crippen molar-refractivity contribution in [3.05, 3.63) is 27.0 Å². The molecule has 0 aromatic carbocycles. The molecule has 0 unspecified atom stereocenters. The molecule has 22 heavy (non-hydrogen) atoms. The number of carbonyl (C=O) groups excluding carboxylic acids is 1. The third kappa shape index (κ3) is 6.84. The van der Waals surface area contributed by atoms with Gasteiger partial charge >= 0.3 is 11.7 Å². The minimum Gasteiger partial charge on any atom is -0.492 e. The number of hydrogen-bond donors (Lipinski definition) is 0. The fraction of sp³-hybridized carbons (Fsp3) is 0.571. The minimum atomic E-state index is -0.535. The quantitative estimate of drug-likeness (QED) is 0.238. The number of unbranched alkanes of at least 4 members (excludes halogenated alkanes) is 1. The molecule has 122 valence electrons. The lowest BCUT2D eigenvalue weighted by Crippen LogP contribution is -2.23. The molecule has 1 aromatic heterocycles. The molecular formula is C14H19BrN2O5. The van der Waals surface area contributed by atoms with Gasteiger partial charge in [-0.1, -0.05) is 0 Å². The van der Waals surface area contributed by atoms with Crippen molar-refractivity contribution < 1.29 is 19.2 Å². The fourth-order valence-electron chi connectivity index (χ4n) is 1.58. The van der Waals surface area contributed by atoms with Gasteiger partial charge in [0.15, 0.2) is 4.60 Å². The number of pyridine rings is 1. The molecule has 1 heterocycles. The van der Waals surface area contributed by atoms with E-state index < -0.39 is 10.5 Å². The molecule has 0 radical (unpaired) electrons. The van der Waals surface area contributed by atoms with Gasteiger partial charge in [0.05, 0.1) is 23.8 Å². The van der Waals surface area contributed by atoms with Gasteiger partial charge < -0.3 is 9.47 Å². The average molecular weight is 375 g/mol. The van der Waals surface area contributed by atoms with E-state index in [1.165, 1.54) is 12.3 Å². The van der Waals surface area contributed by atoms with Gasteiger partial charge in [-0.3, -0.25) is 14.9 Å². The number of carbonyl (C=O) groups is 1. The molecule has 1 aromatic rings. The molecule has 0 saturated heterocycles. The maximum Gasteiger partial charge on any atom is 0.306 e. The van der Waals surface area contributed by atoms with E-state index in [0.29, 0.717) is 31.6 Å². The molecular weight excluding hydrogens is 356 g/mol. The van der Waals surface area contributed by atoms with E-state index in [1.54, 1.807) is 0 Å². The normalized spacial score (nSPS) is 11.1. The summed E-state index contributed by atoms with van der Waals surface area (Å²) in [7, 11) is 0. The summed E-state index contributed by atoms with van der Waals surface area (Å²) in [5, 5.41) is 10.8. The van der Waals surface area contributed by atoms with Crippen LogP contribution in [0.3, 0.4) is 0 Å². The van der Waals surface area contributed by atoms with Gasteiger partial charge in [-0.2, -0.15) is 0 Å². The van der Waals surface area contributed by atoms with E-state index >= 15 is 0 Å². The third-order valence-corrected chi connectivity index (χ3v) is 3.07. The van der Waals surface area contributed by atoms with E-state index in [9.17, 15) is 14.9 Å². The van der Waals surface area contributed by atoms with Crippen molar-refractivity contribution in [3.8, 4) is 5.75 Å². The van der Waals surface area contributed by atoms with Crippen molar-refractivity contribution in [1.29, 1.82) is 0 Å². The molecule has 7 nitrogen and oxygen atoms in total. The Balaban J connectivity index is 2.32. The van der Waals surface area contributed by atoms with E-state index in [-0.39, 0.29) is 16.3 Å². The zero-order valence-electron chi connectivity index (χ0n) is 12.8. The number of ether oxygens (including phenoxy) is 2. The van der Waals surface area contributed by atoms with Gasteiger partial charge in [-0.25, -0.2) is 4.98 Å². The van der Waals surface area contributed by atoms with Crippen LogP contribution < -0.4 is 4.74 Å². The molecule has 8 heteroatoms. The van der Waals surface area contributed by atoms with Crippen molar-refractivity contribution in [2.24, 2.45) is 0 Å². The molecule has 1 rings (SSSR count). The van der Waals surface area contributed by atoms with Crippen LogP contribution in [0.5, 0.6) is 5.75 Å². The Morgan fingerprint density at radius 1 is 1.41 bits per heavy atom. The van der Waals surface area contributed by atoms with Gasteiger partial charge in [0.1, 0.15) is 11.4 Å². The molecule has 0 spiro atoms.